The van der Waals surface area contributed by atoms with Gasteiger partial charge in [-0.2, -0.15) is 0 Å². The van der Waals surface area contributed by atoms with E-state index in [-0.39, 0.29) is 5.91 Å². The normalized spacial score (nSPS) is 10.7. The molecule has 6 nitrogen and oxygen atoms in total. The Balaban J connectivity index is 1.63. The lowest BCUT2D eigenvalue weighted by Gasteiger charge is -2.12. The zero-order chi connectivity index (χ0) is 20.1. The van der Waals surface area contributed by atoms with Crippen LogP contribution in [0.3, 0.4) is 0 Å². The highest BCUT2D eigenvalue weighted by atomic mass is 16.1. The molecule has 2 N–H and O–H groups in total. The number of pyridine rings is 2. The van der Waals surface area contributed by atoms with Gasteiger partial charge in [0.05, 0.1) is 17.6 Å². The number of aryl methyl sites for hydroxylation is 1. The predicted octanol–water partition coefficient (Wildman–Crippen LogP) is 3.81. The van der Waals surface area contributed by atoms with Crippen molar-refractivity contribution >= 4 is 5.91 Å². The van der Waals surface area contributed by atoms with Crippen LogP contribution in [0.25, 0.3) is 22.4 Å². The van der Waals surface area contributed by atoms with Crippen LogP contribution in [0.5, 0.6) is 0 Å². The van der Waals surface area contributed by atoms with Gasteiger partial charge in [0.25, 0.3) is 5.91 Å². The lowest BCUT2D eigenvalue weighted by molar-refractivity contribution is 0.0954. The highest BCUT2D eigenvalue weighted by Crippen LogP contribution is 2.31. The van der Waals surface area contributed by atoms with E-state index in [9.17, 15) is 4.79 Å². The Morgan fingerprint density at radius 2 is 1.90 bits per heavy atom. The molecule has 3 aromatic heterocycles. The Hall–Kier alpha value is -3.80. The molecule has 0 aliphatic carbocycles. The number of imidazole rings is 1. The summed E-state index contributed by atoms with van der Waals surface area (Å²) in [5, 5.41) is 2.95. The molecule has 0 spiro atoms. The molecule has 0 radical (unpaired) electrons. The van der Waals surface area contributed by atoms with Gasteiger partial charge in [-0.3, -0.25) is 14.8 Å². The van der Waals surface area contributed by atoms with Crippen LogP contribution in [0.4, 0.5) is 0 Å². The van der Waals surface area contributed by atoms with Gasteiger partial charge in [0, 0.05) is 54.6 Å². The van der Waals surface area contributed by atoms with E-state index in [1.807, 2.05) is 30.3 Å². The first-order valence-corrected chi connectivity index (χ1v) is 9.43. The van der Waals surface area contributed by atoms with Gasteiger partial charge in [-0.1, -0.05) is 23.8 Å². The quantitative estimate of drug-likeness (QED) is 0.530. The fraction of sp³-hybridized carbons (Fsp3) is 0.130. The second-order valence-electron chi connectivity index (χ2n) is 6.81. The number of hydrogen-bond donors (Lipinski definition) is 2. The monoisotopic (exact) mass is 383 g/mol. The summed E-state index contributed by atoms with van der Waals surface area (Å²) in [5.41, 5.74) is 6.39. The van der Waals surface area contributed by atoms with Crippen LogP contribution in [0.1, 0.15) is 21.6 Å². The molecule has 144 valence electrons. The van der Waals surface area contributed by atoms with Crippen LogP contribution in [-0.4, -0.2) is 32.4 Å². The first-order chi connectivity index (χ1) is 14.2. The van der Waals surface area contributed by atoms with Gasteiger partial charge < -0.3 is 10.3 Å². The Morgan fingerprint density at radius 3 is 2.66 bits per heavy atom. The van der Waals surface area contributed by atoms with E-state index in [0.717, 1.165) is 33.6 Å². The number of carbonyl (C=O) groups excluding carboxylic acids is 1. The van der Waals surface area contributed by atoms with Gasteiger partial charge >= 0.3 is 0 Å². The second-order valence-corrected chi connectivity index (χ2v) is 6.81. The molecule has 0 aliphatic heterocycles. The van der Waals surface area contributed by atoms with Gasteiger partial charge in [-0.05, 0) is 36.8 Å². The fourth-order valence-electron chi connectivity index (χ4n) is 3.20. The predicted molar refractivity (Wildman–Crippen MR) is 112 cm³/mol. The number of rotatable bonds is 6. The average Bonchev–Trinajstić information content (AvgIpc) is 3.27. The highest BCUT2D eigenvalue weighted by molar-refractivity contribution is 5.96. The summed E-state index contributed by atoms with van der Waals surface area (Å²) in [7, 11) is 0. The number of nitrogens with one attached hydrogen (secondary N) is 2. The molecular formula is C23H21N5O. The van der Waals surface area contributed by atoms with Gasteiger partial charge in [0.15, 0.2) is 0 Å². The van der Waals surface area contributed by atoms with E-state index < -0.39 is 0 Å². The number of amides is 1. The van der Waals surface area contributed by atoms with E-state index in [4.69, 9.17) is 0 Å². The maximum Gasteiger partial charge on any atom is 0.252 e. The van der Waals surface area contributed by atoms with Crippen LogP contribution < -0.4 is 5.32 Å². The maximum atomic E-state index is 12.7. The van der Waals surface area contributed by atoms with E-state index >= 15 is 0 Å². The van der Waals surface area contributed by atoms with Crippen LogP contribution in [-0.2, 0) is 6.42 Å². The number of benzene rings is 1. The zero-order valence-corrected chi connectivity index (χ0v) is 16.1. The van der Waals surface area contributed by atoms with Gasteiger partial charge in [0.1, 0.15) is 0 Å². The summed E-state index contributed by atoms with van der Waals surface area (Å²) in [4.78, 5) is 28.4. The van der Waals surface area contributed by atoms with E-state index in [2.05, 4.69) is 44.3 Å². The zero-order valence-electron chi connectivity index (χ0n) is 16.1. The van der Waals surface area contributed by atoms with E-state index in [1.54, 1.807) is 31.1 Å². The minimum absolute atomic E-state index is 0.150. The van der Waals surface area contributed by atoms with Crippen molar-refractivity contribution in [3.8, 4) is 22.4 Å². The van der Waals surface area contributed by atoms with Gasteiger partial charge in [-0.15, -0.1) is 0 Å². The van der Waals surface area contributed by atoms with Crippen molar-refractivity contribution in [3.05, 3.63) is 90.4 Å². The molecular weight excluding hydrogens is 362 g/mol. The summed E-state index contributed by atoms with van der Waals surface area (Å²) in [6.07, 6.45) is 9.20. The summed E-state index contributed by atoms with van der Waals surface area (Å²) < 4.78 is 0. The standard InChI is InChI=1S/C23H21N5O/c1-16-3-2-4-18(11-16)22-21(17-5-8-24-9-6-17)12-19(13-27-22)23(29)26-10-7-20-14-25-15-28-20/h2-6,8-9,11-15H,7,10H2,1H3,(H,25,28)(H,26,29). The fourth-order valence-corrected chi connectivity index (χ4v) is 3.20. The molecule has 0 aliphatic rings. The van der Waals surface area contributed by atoms with Gasteiger partial charge in [0.2, 0.25) is 0 Å². The van der Waals surface area contributed by atoms with Crippen molar-refractivity contribution in [2.75, 3.05) is 6.54 Å². The summed E-state index contributed by atoms with van der Waals surface area (Å²) >= 11 is 0. The molecule has 1 aromatic carbocycles. The van der Waals surface area contributed by atoms with Crippen LogP contribution >= 0.6 is 0 Å². The summed E-state index contributed by atoms with van der Waals surface area (Å²) in [6.45, 7) is 2.57. The molecule has 4 rings (SSSR count). The van der Waals surface area contributed by atoms with Crippen LogP contribution in [0.2, 0.25) is 0 Å². The topological polar surface area (TPSA) is 83.6 Å². The molecule has 0 unspecified atom stereocenters. The average molecular weight is 383 g/mol. The third kappa shape index (κ3) is 4.38. The number of nitrogens with zero attached hydrogens (tertiary/aromatic N) is 3. The van der Waals surface area contributed by atoms with Crippen molar-refractivity contribution in [2.45, 2.75) is 13.3 Å². The van der Waals surface area contributed by atoms with Crippen molar-refractivity contribution < 1.29 is 4.79 Å². The molecule has 6 heteroatoms. The molecule has 29 heavy (non-hydrogen) atoms. The summed E-state index contributed by atoms with van der Waals surface area (Å²) in [5.74, 6) is -0.150. The molecule has 0 fully saturated rings. The van der Waals surface area contributed by atoms with E-state index in [0.29, 0.717) is 18.5 Å². The Labute approximate surface area is 169 Å². The number of H-pyrrole nitrogens is 1. The SMILES string of the molecule is Cc1cccc(-c2ncc(C(=O)NCCc3cnc[nH]3)cc2-c2ccncc2)c1. The Morgan fingerprint density at radius 1 is 1.03 bits per heavy atom. The van der Waals surface area contributed by atoms with Crippen molar-refractivity contribution in [1.29, 1.82) is 0 Å². The Bertz CT molecular complexity index is 1110. The number of aromatic amines is 1. The lowest BCUT2D eigenvalue weighted by Crippen LogP contribution is -2.26. The third-order valence-electron chi connectivity index (χ3n) is 4.67. The Kier molecular flexibility index (Phi) is 5.42. The molecule has 3 heterocycles. The van der Waals surface area contributed by atoms with Crippen LogP contribution in [0, 0.1) is 6.92 Å². The molecule has 0 bridgehead atoms. The first kappa shape index (κ1) is 18.6. The largest absolute Gasteiger partial charge is 0.352 e. The third-order valence-corrected chi connectivity index (χ3v) is 4.67. The minimum atomic E-state index is -0.150. The summed E-state index contributed by atoms with van der Waals surface area (Å²) in [6, 6.07) is 13.9. The van der Waals surface area contributed by atoms with Crippen LogP contribution in [0.15, 0.2) is 73.6 Å². The lowest BCUT2D eigenvalue weighted by atomic mass is 9.97. The van der Waals surface area contributed by atoms with Gasteiger partial charge in [-0.25, -0.2) is 4.98 Å². The molecule has 0 saturated heterocycles. The maximum absolute atomic E-state index is 12.7. The number of aromatic nitrogens is 4. The molecule has 1 amide bonds. The van der Waals surface area contributed by atoms with E-state index in [1.165, 1.54) is 0 Å². The minimum Gasteiger partial charge on any atom is -0.352 e. The first-order valence-electron chi connectivity index (χ1n) is 9.43. The van der Waals surface area contributed by atoms with Crippen molar-refractivity contribution in [3.63, 3.8) is 0 Å². The highest BCUT2D eigenvalue weighted by Gasteiger charge is 2.14. The molecule has 0 atom stereocenters. The molecule has 0 saturated carbocycles. The second kappa shape index (κ2) is 8.48. The number of carbonyl (C=O) groups is 1. The van der Waals surface area contributed by atoms with Crippen molar-refractivity contribution in [2.24, 2.45) is 0 Å². The molecule has 4 aromatic rings. The number of hydrogen-bond acceptors (Lipinski definition) is 4. The smallest absolute Gasteiger partial charge is 0.252 e. The van der Waals surface area contributed by atoms with Crippen molar-refractivity contribution in [1.82, 2.24) is 25.3 Å².